The van der Waals surface area contributed by atoms with Crippen molar-refractivity contribution in [2.45, 2.75) is 39.8 Å². The molecule has 0 radical (unpaired) electrons. The molecule has 90 valence electrons. The zero-order valence-corrected chi connectivity index (χ0v) is 10.5. The molecular formula is C12H21N3O. The van der Waals surface area contributed by atoms with E-state index in [1.807, 2.05) is 44.7 Å². The number of nitrogens with zero attached hydrogens (tertiary/aromatic N) is 2. The number of rotatable bonds is 3. The smallest absolute Gasteiger partial charge is 0.192 e. The number of aliphatic imine (C=N–C) groups is 1. The lowest BCUT2D eigenvalue weighted by Crippen LogP contribution is -2.38. The van der Waals surface area contributed by atoms with Crippen LogP contribution in [0.3, 0.4) is 0 Å². The van der Waals surface area contributed by atoms with Crippen LogP contribution < -0.4 is 5.73 Å². The van der Waals surface area contributed by atoms with Crippen molar-refractivity contribution in [3.05, 3.63) is 24.2 Å². The largest absolute Gasteiger partial charge is 0.467 e. The van der Waals surface area contributed by atoms with Crippen LogP contribution in [-0.4, -0.2) is 22.9 Å². The molecule has 0 aromatic carbocycles. The van der Waals surface area contributed by atoms with Gasteiger partial charge in [0.2, 0.25) is 0 Å². The maximum absolute atomic E-state index is 5.97. The van der Waals surface area contributed by atoms with Crippen LogP contribution in [0, 0.1) is 0 Å². The molecular weight excluding hydrogens is 202 g/mol. The minimum atomic E-state index is -0.152. The molecule has 2 N–H and O–H groups in total. The second-order valence-corrected chi connectivity index (χ2v) is 4.73. The Balaban J connectivity index is 2.71. The van der Waals surface area contributed by atoms with Gasteiger partial charge in [-0.1, -0.05) is 0 Å². The Hall–Kier alpha value is -1.45. The first-order chi connectivity index (χ1) is 7.42. The summed E-state index contributed by atoms with van der Waals surface area (Å²) in [6.45, 7) is 9.61. The number of hydrogen-bond acceptors (Lipinski definition) is 2. The highest BCUT2D eigenvalue weighted by Crippen LogP contribution is 2.09. The molecule has 0 aliphatic carbocycles. The van der Waals surface area contributed by atoms with Gasteiger partial charge in [0.15, 0.2) is 5.96 Å². The molecule has 4 heteroatoms. The highest BCUT2D eigenvalue weighted by molar-refractivity contribution is 5.78. The summed E-state index contributed by atoms with van der Waals surface area (Å²) in [6, 6.07) is 3.81. The van der Waals surface area contributed by atoms with E-state index in [2.05, 4.69) is 4.99 Å². The van der Waals surface area contributed by atoms with Crippen LogP contribution >= 0.6 is 0 Å². The van der Waals surface area contributed by atoms with Crippen LogP contribution in [0.4, 0.5) is 0 Å². The van der Waals surface area contributed by atoms with Crippen molar-refractivity contribution in [1.82, 2.24) is 4.90 Å². The summed E-state index contributed by atoms with van der Waals surface area (Å²) in [4.78, 5) is 6.43. The zero-order chi connectivity index (χ0) is 12.2. The molecule has 1 rings (SSSR count). The number of nitrogens with two attached hydrogens (primary N) is 1. The third-order valence-electron chi connectivity index (χ3n) is 2.08. The van der Waals surface area contributed by atoms with Gasteiger partial charge in [-0.05, 0) is 39.8 Å². The first kappa shape index (κ1) is 12.6. The van der Waals surface area contributed by atoms with Gasteiger partial charge in [-0.3, -0.25) is 0 Å². The van der Waals surface area contributed by atoms with E-state index in [9.17, 15) is 0 Å². The molecule has 1 aromatic heterocycles. The summed E-state index contributed by atoms with van der Waals surface area (Å²) in [7, 11) is 0. The molecule has 0 amide bonds. The molecule has 16 heavy (non-hydrogen) atoms. The Morgan fingerprint density at radius 3 is 2.62 bits per heavy atom. The van der Waals surface area contributed by atoms with Crippen LogP contribution in [0.5, 0.6) is 0 Å². The van der Waals surface area contributed by atoms with Crippen LogP contribution in [0.2, 0.25) is 0 Å². The van der Waals surface area contributed by atoms with E-state index >= 15 is 0 Å². The fourth-order valence-corrected chi connectivity index (χ4v) is 1.36. The topological polar surface area (TPSA) is 54.8 Å². The Labute approximate surface area is 97.1 Å². The summed E-state index contributed by atoms with van der Waals surface area (Å²) >= 11 is 0. The summed E-state index contributed by atoms with van der Waals surface area (Å²) in [6.07, 6.45) is 1.67. The van der Waals surface area contributed by atoms with Gasteiger partial charge in [0.1, 0.15) is 5.76 Å². The minimum absolute atomic E-state index is 0.152. The SMILES string of the molecule is CCN(Cc1ccco1)C(N)=NC(C)(C)C. The van der Waals surface area contributed by atoms with Crippen molar-refractivity contribution < 1.29 is 4.42 Å². The summed E-state index contributed by atoms with van der Waals surface area (Å²) in [5.41, 5.74) is 5.81. The summed E-state index contributed by atoms with van der Waals surface area (Å²) in [5, 5.41) is 0. The Morgan fingerprint density at radius 2 is 2.19 bits per heavy atom. The van der Waals surface area contributed by atoms with Gasteiger partial charge in [0.25, 0.3) is 0 Å². The fourth-order valence-electron chi connectivity index (χ4n) is 1.36. The monoisotopic (exact) mass is 223 g/mol. The Morgan fingerprint density at radius 1 is 1.50 bits per heavy atom. The molecule has 0 aliphatic heterocycles. The number of guanidine groups is 1. The third kappa shape index (κ3) is 3.96. The van der Waals surface area contributed by atoms with Crippen molar-refractivity contribution in [3.8, 4) is 0 Å². The van der Waals surface area contributed by atoms with Crippen molar-refractivity contribution in [2.24, 2.45) is 10.7 Å². The van der Waals surface area contributed by atoms with Gasteiger partial charge in [-0.15, -0.1) is 0 Å². The first-order valence-corrected chi connectivity index (χ1v) is 5.55. The van der Waals surface area contributed by atoms with Crippen molar-refractivity contribution in [1.29, 1.82) is 0 Å². The number of hydrogen-bond donors (Lipinski definition) is 1. The van der Waals surface area contributed by atoms with E-state index in [0.717, 1.165) is 12.3 Å². The van der Waals surface area contributed by atoms with E-state index in [1.165, 1.54) is 0 Å². The maximum Gasteiger partial charge on any atom is 0.192 e. The van der Waals surface area contributed by atoms with Crippen LogP contribution in [0.25, 0.3) is 0 Å². The minimum Gasteiger partial charge on any atom is -0.467 e. The third-order valence-corrected chi connectivity index (χ3v) is 2.08. The first-order valence-electron chi connectivity index (χ1n) is 5.55. The van der Waals surface area contributed by atoms with Gasteiger partial charge < -0.3 is 15.1 Å². The number of furan rings is 1. The highest BCUT2D eigenvalue weighted by Gasteiger charge is 2.13. The van der Waals surface area contributed by atoms with Gasteiger partial charge in [-0.2, -0.15) is 0 Å². The summed E-state index contributed by atoms with van der Waals surface area (Å²) in [5.74, 6) is 1.46. The van der Waals surface area contributed by atoms with Crippen molar-refractivity contribution in [2.75, 3.05) is 6.54 Å². The fraction of sp³-hybridized carbons (Fsp3) is 0.583. The average molecular weight is 223 g/mol. The van der Waals surface area contributed by atoms with Gasteiger partial charge >= 0.3 is 0 Å². The molecule has 0 atom stereocenters. The van der Waals surface area contributed by atoms with E-state index in [0.29, 0.717) is 12.5 Å². The standard InChI is InChI=1S/C12H21N3O/c1-5-15(9-10-7-6-8-16-10)11(13)14-12(2,3)4/h6-8H,5,9H2,1-4H3,(H2,13,14). The molecule has 0 saturated carbocycles. The quantitative estimate of drug-likeness (QED) is 0.631. The second kappa shape index (κ2) is 5.05. The zero-order valence-electron chi connectivity index (χ0n) is 10.5. The van der Waals surface area contributed by atoms with E-state index in [1.54, 1.807) is 6.26 Å². The van der Waals surface area contributed by atoms with E-state index in [4.69, 9.17) is 10.2 Å². The predicted molar refractivity (Wildman–Crippen MR) is 66.2 cm³/mol. The Kier molecular flexibility index (Phi) is 3.99. The normalized spacial score (nSPS) is 12.9. The molecule has 0 bridgehead atoms. The molecule has 1 heterocycles. The van der Waals surface area contributed by atoms with E-state index < -0.39 is 0 Å². The summed E-state index contributed by atoms with van der Waals surface area (Å²) < 4.78 is 5.29. The lowest BCUT2D eigenvalue weighted by atomic mass is 10.1. The lowest BCUT2D eigenvalue weighted by molar-refractivity contribution is 0.367. The van der Waals surface area contributed by atoms with Gasteiger partial charge in [0, 0.05) is 6.54 Å². The maximum atomic E-state index is 5.97. The van der Waals surface area contributed by atoms with E-state index in [-0.39, 0.29) is 5.54 Å². The van der Waals surface area contributed by atoms with Crippen LogP contribution in [0.15, 0.2) is 27.8 Å². The molecule has 0 unspecified atom stereocenters. The average Bonchev–Trinajstić information content (AvgIpc) is 2.63. The lowest BCUT2D eigenvalue weighted by Gasteiger charge is -2.23. The van der Waals surface area contributed by atoms with Crippen LogP contribution in [-0.2, 0) is 6.54 Å². The Bertz CT molecular complexity index is 336. The second-order valence-electron chi connectivity index (χ2n) is 4.73. The molecule has 0 fully saturated rings. The predicted octanol–water partition coefficient (Wildman–Crippen LogP) is 2.21. The molecule has 4 nitrogen and oxygen atoms in total. The molecule has 1 aromatic rings. The van der Waals surface area contributed by atoms with Gasteiger partial charge in [0.05, 0.1) is 18.3 Å². The van der Waals surface area contributed by atoms with Crippen molar-refractivity contribution >= 4 is 5.96 Å². The molecule has 0 saturated heterocycles. The molecule has 0 aliphatic rings. The molecule has 0 spiro atoms. The van der Waals surface area contributed by atoms with Crippen molar-refractivity contribution in [3.63, 3.8) is 0 Å². The van der Waals surface area contributed by atoms with Crippen LogP contribution in [0.1, 0.15) is 33.5 Å². The highest BCUT2D eigenvalue weighted by atomic mass is 16.3. The van der Waals surface area contributed by atoms with Gasteiger partial charge in [-0.25, -0.2) is 4.99 Å².